The molecule has 1 rings (SSSR count). The van der Waals surface area contributed by atoms with Gasteiger partial charge in [0, 0.05) is 0 Å². The molecule has 0 aromatic carbocycles. The maximum absolute atomic E-state index is 8.62. The molecule has 46 valence electrons. The Morgan fingerprint density at radius 1 is 1.33 bits per heavy atom. The highest BCUT2D eigenvalue weighted by Gasteiger charge is 2.31. The summed E-state index contributed by atoms with van der Waals surface area (Å²) in [5, 5.41) is 8.62. The van der Waals surface area contributed by atoms with Gasteiger partial charge in [0.25, 0.3) is 0 Å². The summed E-state index contributed by atoms with van der Waals surface area (Å²) < 4.78 is 0. The highest BCUT2D eigenvalue weighted by Crippen LogP contribution is 2.36. The van der Waals surface area contributed by atoms with Crippen molar-refractivity contribution in [1.82, 2.24) is 0 Å². The maximum Gasteiger partial charge on any atom is 0.117 e. The van der Waals surface area contributed by atoms with E-state index in [0.29, 0.717) is 0 Å². The Kier molecular flexibility index (Phi) is 1.45. The third-order valence-corrected chi connectivity index (χ3v) is 1.95. The van der Waals surface area contributed by atoms with Gasteiger partial charge in [-0.05, 0) is 12.8 Å². The fourth-order valence-electron chi connectivity index (χ4n) is 1.27. The summed E-state index contributed by atoms with van der Waals surface area (Å²) >= 11 is 0. The summed E-state index contributed by atoms with van der Waals surface area (Å²) in [5.41, 5.74) is -0.389. The molecule has 0 N–H and O–H groups in total. The number of terminal acetylenes is 1. The van der Waals surface area contributed by atoms with Gasteiger partial charge in [-0.25, -0.2) is 0 Å². The van der Waals surface area contributed by atoms with E-state index in [4.69, 9.17) is 11.7 Å². The van der Waals surface area contributed by atoms with Crippen molar-refractivity contribution in [2.45, 2.75) is 25.7 Å². The average molecular weight is 119 g/mol. The minimum absolute atomic E-state index is 0.389. The molecule has 0 aliphatic heterocycles. The van der Waals surface area contributed by atoms with Crippen LogP contribution in [0.1, 0.15) is 25.7 Å². The van der Waals surface area contributed by atoms with Crippen LogP contribution < -0.4 is 0 Å². The molecule has 1 nitrogen and oxygen atoms in total. The summed E-state index contributed by atoms with van der Waals surface area (Å²) in [6, 6.07) is 2.19. The quantitative estimate of drug-likeness (QED) is 0.445. The lowest BCUT2D eigenvalue weighted by molar-refractivity contribution is 0.555. The van der Waals surface area contributed by atoms with Crippen molar-refractivity contribution in [1.29, 1.82) is 5.26 Å². The first-order chi connectivity index (χ1) is 4.33. The fourth-order valence-corrected chi connectivity index (χ4v) is 1.27. The Morgan fingerprint density at radius 3 is 2.11 bits per heavy atom. The third kappa shape index (κ3) is 0.911. The largest absolute Gasteiger partial charge is 0.197 e. The first kappa shape index (κ1) is 6.17. The maximum atomic E-state index is 8.62. The molecule has 0 aromatic rings. The smallest absolute Gasteiger partial charge is 0.117 e. The normalized spacial score (nSPS) is 22.4. The van der Waals surface area contributed by atoms with E-state index < -0.39 is 0 Å². The minimum Gasteiger partial charge on any atom is -0.197 e. The lowest BCUT2D eigenvalue weighted by Gasteiger charge is -2.08. The van der Waals surface area contributed by atoms with Crippen LogP contribution in [0.5, 0.6) is 0 Å². The minimum atomic E-state index is -0.389. The van der Waals surface area contributed by atoms with E-state index in [0.717, 1.165) is 25.7 Å². The van der Waals surface area contributed by atoms with Crippen molar-refractivity contribution in [2.24, 2.45) is 5.41 Å². The molecule has 1 aliphatic carbocycles. The molecule has 0 radical (unpaired) electrons. The molecule has 1 saturated carbocycles. The van der Waals surface area contributed by atoms with Crippen molar-refractivity contribution in [3.63, 3.8) is 0 Å². The van der Waals surface area contributed by atoms with Crippen LogP contribution in [-0.4, -0.2) is 0 Å². The number of rotatable bonds is 0. The van der Waals surface area contributed by atoms with Gasteiger partial charge in [-0.2, -0.15) is 5.26 Å². The molecular formula is C8H9N. The molecule has 0 spiro atoms. The molecule has 1 heteroatoms. The lowest BCUT2D eigenvalue weighted by Crippen LogP contribution is -2.08. The second-order valence-electron chi connectivity index (χ2n) is 2.55. The molecule has 0 heterocycles. The van der Waals surface area contributed by atoms with Crippen LogP contribution in [0.2, 0.25) is 0 Å². The van der Waals surface area contributed by atoms with Crippen LogP contribution in [0, 0.1) is 29.1 Å². The van der Waals surface area contributed by atoms with Gasteiger partial charge >= 0.3 is 0 Å². The van der Waals surface area contributed by atoms with Gasteiger partial charge in [0.2, 0.25) is 0 Å². The van der Waals surface area contributed by atoms with E-state index in [1.807, 2.05) is 0 Å². The van der Waals surface area contributed by atoms with Crippen LogP contribution in [-0.2, 0) is 0 Å². The molecule has 0 unspecified atom stereocenters. The van der Waals surface area contributed by atoms with Gasteiger partial charge in [-0.1, -0.05) is 18.8 Å². The average Bonchev–Trinajstić information content (AvgIpc) is 2.36. The lowest BCUT2D eigenvalue weighted by atomic mass is 9.90. The van der Waals surface area contributed by atoms with Crippen LogP contribution >= 0.6 is 0 Å². The van der Waals surface area contributed by atoms with Crippen molar-refractivity contribution >= 4 is 0 Å². The molecule has 0 bridgehead atoms. The zero-order valence-electron chi connectivity index (χ0n) is 5.35. The molecule has 0 amide bonds. The van der Waals surface area contributed by atoms with Crippen molar-refractivity contribution in [3.05, 3.63) is 0 Å². The fraction of sp³-hybridized carbons (Fsp3) is 0.625. The highest BCUT2D eigenvalue weighted by atomic mass is 14.4. The molecule has 0 saturated heterocycles. The predicted octanol–water partition coefficient (Wildman–Crippen LogP) is 1.70. The molecule has 0 aromatic heterocycles. The number of hydrogen-bond acceptors (Lipinski definition) is 1. The van der Waals surface area contributed by atoms with Gasteiger partial charge in [0.1, 0.15) is 5.41 Å². The third-order valence-electron chi connectivity index (χ3n) is 1.95. The van der Waals surface area contributed by atoms with Crippen molar-refractivity contribution in [3.8, 4) is 18.4 Å². The topological polar surface area (TPSA) is 23.8 Å². The molecule has 1 aliphatic rings. The van der Waals surface area contributed by atoms with Crippen LogP contribution in [0.15, 0.2) is 0 Å². The monoisotopic (exact) mass is 119 g/mol. The van der Waals surface area contributed by atoms with Gasteiger partial charge in [0.15, 0.2) is 0 Å². The van der Waals surface area contributed by atoms with E-state index in [9.17, 15) is 0 Å². The first-order valence-corrected chi connectivity index (χ1v) is 3.22. The van der Waals surface area contributed by atoms with Crippen molar-refractivity contribution < 1.29 is 0 Å². The van der Waals surface area contributed by atoms with E-state index >= 15 is 0 Å². The Bertz CT molecular complexity index is 158. The highest BCUT2D eigenvalue weighted by molar-refractivity contribution is 5.19. The van der Waals surface area contributed by atoms with Crippen LogP contribution in [0.4, 0.5) is 0 Å². The summed E-state index contributed by atoms with van der Waals surface area (Å²) in [6.45, 7) is 0. The molecule has 0 atom stereocenters. The van der Waals surface area contributed by atoms with E-state index in [1.165, 1.54) is 0 Å². The van der Waals surface area contributed by atoms with E-state index in [1.54, 1.807) is 0 Å². The second-order valence-corrected chi connectivity index (χ2v) is 2.55. The molecule has 9 heavy (non-hydrogen) atoms. The molecular weight excluding hydrogens is 110 g/mol. The summed E-state index contributed by atoms with van der Waals surface area (Å²) in [5.74, 6) is 2.57. The standard InChI is InChI=1S/C8H9N/c1-2-8(7-9)5-3-4-6-8/h1H,3-6H2. The van der Waals surface area contributed by atoms with Gasteiger partial charge < -0.3 is 0 Å². The first-order valence-electron chi connectivity index (χ1n) is 3.22. The van der Waals surface area contributed by atoms with Crippen molar-refractivity contribution in [2.75, 3.05) is 0 Å². The Hall–Kier alpha value is -0.950. The Labute approximate surface area is 55.7 Å². The molecule has 1 fully saturated rings. The van der Waals surface area contributed by atoms with Gasteiger partial charge in [0.05, 0.1) is 6.07 Å². The zero-order valence-corrected chi connectivity index (χ0v) is 5.35. The van der Waals surface area contributed by atoms with E-state index in [2.05, 4.69) is 12.0 Å². The summed E-state index contributed by atoms with van der Waals surface area (Å²) in [7, 11) is 0. The van der Waals surface area contributed by atoms with Gasteiger partial charge in [-0.15, -0.1) is 6.42 Å². The second kappa shape index (κ2) is 2.11. The number of hydrogen-bond donors (Lipinski definition) is 0. The zero-order chi connectivity index (χ0) is 6.74. The van der Waals surface area contributed by atoms with E-state index in [-0.39, 0.29) is 5.41 Å². The predicted molar refractivity (Wildman–Crippen MR) is 35.3 cm³/mol. The summed E-state index contributed by atoms with van der Waals surface area (Å²) in [4.78, 5) is 0. The Morgan fingerprint density at radius 2 is 1.89 bits per heavy atom. The summed E-state index contributed by atoms with van der Waals surface area (Å²) in [6.07, 6.45) is 9.26. The van der Waals surface area contributed by atoms with Crippen LogP contribution in [0.25, 0.3) is 0 Å². The Balaban J connectivity index is 2.74. The van der Waals surface area contributed by atoms with Gasteiger partial charge in [-0.3, -0.25) is 0 Å². The SMILES string of the molecule is C#CC1(C#N)CCCC1. The number of nitriles is 1. The number of nitrogens with zero attached hydrogens (tertiary/aromatic N) is 1. The van der Waals surface area contributed by atoms with Crippen LogP contribution in [0.3, 0.4) is 0 Å².